The molecule has 0 unspecified atom stereocenters. The average Bonchev–Trinajstić information content (AvgIpc) is 2.77. The maximum absolute atomic E-state index is 13.0. The molecule has 2 amide bonds. The predicted molar refractivity (Wildman–Crippen MR) is 120 cm³/mol. The van der Waals surface area contributed by atoms with E-state index >= 15 is 0 Å². The van der Waals surface area contributed by atoms with Crippen LogP contribution >= 0.6 is 0 Å². The molecule has 11 heteroatoms. The number of nitrogens with one attached hydrogen (secondary N) is 1. The standard InChI is InChI=1S/C21H26N4O6S/c1-14(26)23-17-6-5-16(32(22,28)29)13-18(17)24-8-10-25(11-9-24)21(27)15-4-7-19(30-2)20(12-15)31-3/h4-7,12-13H,8-11H2,1-3H3,(H,23,26)(H2,22,28,29). The number of nitrogens with two attached hydrogens (primary N) is 1. The first-order valence-corrected chi connectivity index (χ1v) is 11.4. The van der Waals surface area contributed by atoms with Crippen LogP contribution in [0.4, 0.5) is 11.4 Å². The van der Waals surface area contributed by atoms with Gasteiger partial charge in [-0.25, -0.2) is 13.6 Å². The van der Waals surface area contributed by atoms with Crippen LogP contribution in [-0.4, -0.2) is 65.5 Å². The number of carbonyl (C=O) groups excluding carboxylic acids is 2. The van der Waals surface area contributed by atoms with Crippen molar-refractivity contribution in [2.75, 3.05) is 50.6 Å². The fraction of sp³-hybridized carbons (Fsp3) is 0.333. The molecule has 0 aliphatic carbocycles. The third-order valence-corrected chi connectivity index (χ3v) is 6.06. The molecule has 1 heterocycles. The molecule has 1 fully saturated rings. The zero-order valence-electron chi connectivity index (χ0n) is 18.1. The van der Waals surface area contributed by atoms with Crippen molar-refractivity contribution < 1.29 is 27.5 Å². The Morgan fingerprint density at radius 1 is 0.969 bits per heavy atom. The third kappa shape index (κ3) is 5.11. The van der Waals surface area contributed by atoms with Crippen LogP contribution in [0.1, 0.15) is 17.3 Å². The van der Waals surface area contributed by atoms with Crippen molar-refractivity contribution in [3.8, 4) is 11.5 Å². The molecule has 2 aromatic rings. The summed E-state index contributed by atoms with van der Waals surface area (Å²) in [6.45, 7) is 3.08. The van der Waals surface area contributed by atoms with Crippen molar-refractivity contribution in [3.63, 3.8) is 0 Å². The summed E-state index contributed by atoms with van der Waals surface area (Å²) >= 11 is 0. The Kier molecular flexibility index (Phi) is 6.90. The molecule has 0 spiro atoms. The molecule has 3 N–H and O–H groups in total. The summed E-state index contributed by atoms with van der Waals surface area (Å²) in [5, 5.41) is 7.98. The van der Waals surface area contributed by atoms with Gasteiger partial charge in [-0.05, 0) is 36.4 Å². The Morgan fingerprint density at radius 3 is 2.19 bits per heavy atom. The minimum Gasteiger partial charge on any atom is -0.493 e. The van der Waals surface area contributed by atoms with E-state index in [1.54, 1.807) is 23.1 Å². The zero-order valence-corrected chi connectivity index (χ0v) is 18.9. The van der Waals surface area contributed by atoms with E-state index in [-0.39, 0.29) is 16.7 Å². The average molecular weight is 463 g/mol. The van der Waals surface area contributed by atoms with E-state index in [0.717, 1.165) is 0 Å². The Bertz CT molecular complexity index is 1130. The van der Waals surface area contributed by atoms with Gasteiger partial charge in [0.2, 0.25) is 15.9 Å². The van der Waals surface area contributed by atoms with Gasteiger partial charge in [-0.1, -0.05) is 0 Å². The topological polar surface area (TPSA) is 131 Å². The van der Waals surface area contributed by atoms with Crippen LogP contribution in [0, 0.1) is 0 Å². The molecule has 0 radical (unpaired) electrons. The second-order valence-electron chi connectivity index (χ2n) is 7.25. The van der Waals surface area contributed by atoms with Gasteiger partial charge in [0.1, 0.15) is 0 Å². The summed E-state index contributed by atoms with van der Waals surface area (Å²) in [6.07, 6.45) is 0. The van der Waals surface area contributed by atoms with Crippen LogP contribution in [0.2, 0.25) is 0 Å². The van der Waals surface area contributed by atoms with Gasteiger partial charge in [-0.15, -0.1) is 0 Å². The molecule has 10 nitrogen and oxygen atoms in total. The fourth-order valence-corrected chi connectivity index (χ4v) is 4.08. The molecule has 0 atom stereocenters. The molecule has 1 aliphatic rings. The van der Waals surface area contributed by atoms with Crippen molar-refractivity contribution in [3.05, 3.63) is 42.0 Å². The number of carbonyl (C=O) groups is 2. The Hall–Kier alpha value is -3.31. The second-order valence-corrected chi connectivity index (χ2v) is 8.82. The summed E-state index contributed by atoms with van der Waals surface area (Å²) in [6, 6.07) is 9.30. The van der Waals surface area contributed by atoms with Crippen LogP contribution in [0.3, 0.4) is 0 Å². The molecule has 0 aromatic heterocycles. The highest BCUT2D eigenvalue weighted by Crippen LogP contribution is 2.31. The van der Waals surface area contributed by atoms with Crippen LogP contribution in [0.25, 0.3) is 0 Å². The fourth-order valence-electron chi connectivity index (χ4n) is 3.55. The molecule has 172 valence electrons. The Labute approximate surface area is 186 Å². The van der Waals surface area contributed by atoms with Gasteiger partial charge in [-0.2, -0.15) is 0 Å². The SMILES string of the molecule is COc1ccc(C(=O)N2CCN(c3cc(S(N)(=O)=O)ccc3NC(C)=O)CC2)cc1OC. The number of benzene rings is 2. The maximum Gasteiger partial charge on any atom is 0.254 e. The Morgan fingerprint density at radius 2 is 1.62 bits per heavy atom. The van der Waals surface area contributed by atoms with Gasteiger partial charge in [0.25, 0.3) is 5.91 Å². The highest BCUT2D eigenvalue weighted by Gasteiger charge is 2.25. The lowest BCUT2D eigenvalue weighted by Gasteiger charge is -2.37. The largest absolute Gasteiger partial charge is 0.493 e. The smallest absolute Gasteiger partial charge is 0.254 e. The van der Waals surface area contributed by atoms with Crippen molar-refractivity contribution in [1.29, 1.82) is 0 Å². The lowest BCUT2D eigenvalue weighted by atomic mass is 10.1. The predicted octanol–water partition coefficient (Wildman–Crippen LogP) is 1.27. The van der Waals surface area contributed by atoms with E-state index in [1.807, 2.05) is 4.90 Å². The minimum atomic E-state index is -3.91. The van der Waals surface area contributed by atoms with Crippen LogP contribution in [0.5, 0.6) is 11.5 Å². The van der Waals surface area contributed by atoms with E-state index in [4.69, 9.17) is 14.6 Å². The monoisotopic (exact) mass is 462 g/mol. The quantitative estimate of drug-likeness (QED) is 0.661. The van der Waals surface area contributed by atoms with Crippen molar-refractivity contribution in [1.82, 2.24) is 4.90 Å². The third-order valence-electron chi connectivity index (χ3n) is 5.15. The number of primary sulfonamides is 1. The molecule has 2 aromatic carbocycles. The maximum atomic E-state index is 13.0. The first-order chi connectivity index (χ1) is 15.1. The number of anilines is 2. The summed E-state index contributed by atoms with van der Waals surface area (Å²) in [4.78, 5) is 28.1. The number of piperazine rings is 1. The van der Waals surface area contributed by atoms with E-state index < -0.39 is 10.0 Å². The molecule has 0 bridgehead atoms. The van der Waals surface area contributed by atoms with Crippen molar-refractivity contribution in [2.24, 2.45) is 5.14 Å². The van der Waals surface area contributed by atoms with E-state index in [1.165, 1.54) is 39.3 Å². The number of methoxy groups -OCH3 is 2. The first kappa shape index (κ1) is 23.4. The number of nitrogens with zero attached hydrogens (tertiary/aromatic N) is 2. The molecule has 32 heavy (non-hydrogen) atoms. The zero-order chi connectivity index (χ0) is 23.5. The molecular weight excluding hydrogens is 436 g/mol. The highest BCUT2D eigenvalue weighted by molar-refractivity contribution is 7.89. The van der Waals surface area contributed by atoms with Gasteiger partial charge in [0, 0.05) is 38.7 Å². The minimum absolute atomic E-state index is 0.0505. The first-order valence-electron chi connectivity index (χ1n) is 9.84. The van der Waals surface area contributed by atoms with Crippen molar-refractivity contribution in [2.45, 2.75) is 11.8 Å². The summed E-state index contributed by atoms with van der Waals surface area (Å²) in [5.41, 5.74) is 1.49. The van der Waals surface area contributed by atoms with Gasteiger partial charge in [0.15, 0.2) is 11.5 Å². The number of sulfonamides is 1. The number of rotatable bonds is 6. The van der Waals surface area contributed by atoms with Gasteiger partial charge < -0.3 is 24.6 Å². The number of ether oxygens (including phenoxy) is 2. The summed E-state index contributed by atoms with van der Waals surface area (Å²) in [7, 11) is -0.874. The van der Waals surface area contributed by atoms with E-state index in [9.17, 15) is 18.0 Å². The molecule has 1 saturated heterocycles. The number of hydrogen-bond acceptors (Lipinski definition) is 7. The molecular formula is C21H26N4O6S. The van der Waals surface area contributed by atoms with Gasteiger partial charge in [0.05, 0.1) is 30.5 Å². The molecule has 1 aliphatic heterocycles. The van der Waals surface area contributed by atoms with Crippen LogP contribution < -0.4 is 24.8 Å². The summed E-state index contributed by atoms with van der Waals surface area (Å²) in [5.74, 6) is 0.577. The number of amides is 2. The van der Waals surface area contributed by atoms with E-state index in [2.05, 4.69) is 5.32 Å². The summed E-state index contributed by atoms with van der Waals surface area (Å²) < 4.78 is 34.1. The number of hydrogen-bond donors (Lipinski definition) is 2. The van der Waals surface area contributed by atoms with Crippen molar-refractivity contribution >= 4 is 33.2 Å². The van der Waals surface area contributed by atoms with E-state index in [0.29, 0.717) is 54.6 Å². The molecule has 3 rings (SSSR count). The molecule has 0 saturated carbocycles. The highest BCUT2D eigenvalue weighted by atomic mass is 32.2. The van der Waals surface area contributed by atoms with Gasteiger partial charge >= 0.3 is 0 Å². The Balaban J connectivity index is 1.79. The lowest BCUT2D eigenvalue weighted by Crippen LogP contribution is -2.49. The van der Waals surface area contributed by atoms with Crippen LogP contribution in [0.15, 0.2) is 41.3 Å². The van der Waals surface area contributed by atoms with Gasteiger partial charge in [-0.3, -0.25) is 9.59 Å². The van der Waals surface area contributed by atoms with Crippen LogP contribution in [-0.2, 0) is 14.8 Å². The second kappa shape index (κ2) is 9.45. The normalized spacial score (nSPS) is 14.1. The lowest BCUT2D eigenvalue weighted by molar-refractivity contribution is -0.114.